The third kappa shape index (κ3) is 1.69. The predicted octanol–water partition coefficient (Wildman–Crippen LogP) is 2.72. The second-order valence-electron chi connectivity index (χ2n) is 4.50. The molecule has 2 rings (SSSR count). The minimum absolute atomic E-state index is 0.444. The third-order valence-electron chi connectivity index (χ3n) is 2.74. The summed E-state index contributed by atoms with van der Waals surface area (Å²) >= 11 is 0. The molecule has 0 spiro atoms. The van der Waals surface area contributed by atoms with Gasteiger partial charge in [0.25, 0.3) is 0 Å². The van der Waals surface area contributed by atoms with Gasteiger partial charge in [-0.15, -0.1) is 0 Å². The number of nitrogens with zero attached hydrogens (tertiary/aromatic N) is 1. The second-order valence-corrected chi connectivity index (χ2v) is 4.50. The average molecular weight is 215 g/mol. The van der Waals surface area contributed by atoms with E-state index in [9.17, 15) is 0 Å². The number of hydrogen-bond donors (Lipinski definition) is 2. The van der Waals surface area contributed by atoms with E-state index in [0.717, 1.165) is 11.3 Å². The van der Waals surface area contributed by atoms with Gasteiger partial charge in [-0.2, -0.15) is 0 Å². The highest BCUT2D eigenvalue weighted by molar-refractivity contribution is 6.05. The lowest BCUT2D eigenvalue weighted by molar-refractivity contribution is 0.865. The lowest BCUT2D eigenvalue weighted by Crippen LogP contribution is -2.22. The summed E-state index contributed by atoms with van der Waals surface area (Å²) in [4.78, 5) is 4.15. The first-order valence-corrected chi connectivity index (χ1v) is 5.44. The maximum Gasteiger partial charge on any atom is 0.135 e. The number of anilines is 1. The SMILES string of the molecule is C=C1N=C(N)c2cc(C)cc(C(C)C)c2N1. The summed E-state index contributed by atoms with van der Waals surface area (Å²) in [5, 5.41) is 3.21. The van der Waals surface area contributed by atoms with Crippen LogP contribution in [0.4, 0.5) is 5.69 Å². The van der Waals surface area contributed by atoms with E-state index in [1.54, 1.807) is 0 Å². The van der Waals surface area contributed by atoms with Gasteiger partial charge in [-0.25, -0.2) is 4.99 Å². The van der Waals surface area contributed by atoms with Gasteiger partial charge in [0.2, 0.25) is 0 Å². The van der Waals surface area contributed by atoms with Gasteiger partial charge in [0.1, 0.15) is 11.7 Å². The summed E-state index contributed by atoms with van der Waals surface area (Å²) in [7, 11) is 0. The van der Waals surface area contributed by atoms with Crippen LogP contribution in [0.25, 0.3) is 0 Å². The third-order valence-corrected chi connectivity index (χ3v) is 2.74. The van der Waals surface area contributed by atoms with Crippen molar-refractivity contribution < 1.29 is 0 Å². The number of benzene rings is 1. The lowest BCUT2D eigenvalue weighted by atomic mass is 9.94. The normalized spacial score (nSPS) is 14.5. The maximum absolute atomic E-state index is 5.92. The largest absolute Gasteiger partial charge is 0.383 e. The monoisotopic (exact) mass is 215 g/mol. The average Bonchev–Trinajstić information content (AvgIpc) is 2.18. The highest BCUT2D eigenvalue weighted by atomic mass is 15.1. The smallest absolute Gasteiger partial charge is 0.135 e. The molecule has 84 valence electrons. The zero-order chi connectivity index (χ0) is 11.9. The molecule has 1 aromatic carbocycles. The van der Waals surface area contributed by atoms with Crippen LogP contribution in [0.15, 0.2) is 29.5 Å². The van der Waals surface area contributed by atoms with Crippen molar-refractivity contribution in [2.45, 2.75) is 26.7 Å². The molecule has 0 fully saturated rings. The first-order valence-electron chi connectivity index (χ1n) is 5.44. The van der Waals surface area contributed by atoms with Crippen LogP contribution in [-0.2, 0) is 0 Å². The molecular formula is C13H17N3. The highest BCUT2D eigenvalue weighted by Gasteiger charge is 2.18. The Morgan fingerprint density at radius 1 is 1.38 bits per heavy atom. The first-order chi connectivity index (χ1) is 7.49. The number of fused-ring (bicyclic) bond motifs is 1. The fourth-order valence-corrected chi connectivity index (χ4v) is 1.99. The molecule has 0 saturated carbocycles. The van der Waals surface area contributed by atoms with Gasteiger partial charge in [-0.3, -0.25) is 0 Å². The summed E-state index contributed by atoms with van der Waals surface area (Å²) in [6, 6.07) is 4.24. The molecule has 0 atom stereocenters. The molecule has 0 saturated heterocycles. The molecule has 1 aromatic rings. The summed E-state index contributed by atoms with van der Waals surface area (Å²) in [6.07, 6.45) is 0. The lowest BCUT2D eigenvalue weighted by Gasteiger charge is -2.23. The maximum atomic E-state index is 5.92. The van der Waals surface area contributed by atoms with E-state index < -0.39 is 0 Å². The quantitative estimate of drug-likeness (QED) is 0.756. The molecule has 0 radical (unpaired) electrons. The van der Waals surface area contributed by atoms with Crippen LogP contribution in [0.2, 0.25) is 0 Å². The van der Waals surface area contributed by atoms with Crippen LogP contribution in [0.5, 0.6) is 0 Å². The fraction of sp³-hybridized carbons (Fsp3) is 0.308. The van der Waals surface area contributed by atoms with Crippen molar-refractivity contribution in [3.8, 4) is 0 Å². The zero-order valence-electron chi connectivity index (χ0n) is 9.96. The molecular weight excluding hydrogens is 198 g/mol. The van der Waals surface area contributed by atoms with Gasteiger partial charge in [0.05, 0.1) is 5.69 Å². The Hall–Kier alpha value is -1.77. The second kappa shape index (κ2) is 3.67. The molecule has 1 aliphatic rings. The number of nitrogens with two attached hydrogens (primary N) is 1. The van der Waals surface area contributed by atoms with Crippen LogP contribution in [0.1, 0.15) is 36.5 Å². The van der Waals surface area contributed by atoms with E-state index in [2.05, 4.69) is 49.8 Å². The van der Waals surface area contributed by atoms with E-state index in [0.29, 0.717) is 17.6 Å². The van der Waals surface area contributed by atoms with Crippen molar-refractivity contribution >= 4 is 11.5 Å². The molecule has 0 aromatic heterocycles. The van der Waals surface area contributed by atoms with Gasteiger partial charge >= 0.3 is 0 Å². The van der Waals surface area contributed by atoms with Gasteiger partial charge in [0.15, 0.2) is 0 Å². The van der Waals surface area contributed by atoms with Gasteiger partial charge in [-0.05, 0) is 30.0 Å². The Morgan fingerprint density at radius 3 is 2.69 bits per heavy atom. The molecule has 0 amide bonds. The Bertz CT molecular complexity index is 484. The summed E-state index contributed by atoms with van der Waals surface area (Å²) < 4.78 is 0. The highest BCUT2D eigenvalue weighted by Crippen LogP contribution is 2.32. The van der Waals surface area contributed by atoms with E-state index in [4.69, 9.17) is 5.73 Å². The molecule has 3 N–H and O–H groups in total. The Balaban J connectivity index is 2.68. The molecule has 1 aliphatic heterocycles. The number of rotatable bonds is 1. The number of nitrogens with one attached hydrogen (secondary N) is 1. The van der Waals surface area contributed by atoms with E-state index in [1.807, 2.05) is 0 Å². The number of amidine groups is 1. The van der Waals surface area contributed by atoms with E-state index >= 15 is 0 Å². The minimum atomic E-state index is 0.444. The molecule has 0 aliphatic carbocycles. The van der Waals surface area contributed by atoms with E-state index in [-0.39, 0.29) is 0 Å². The Kier molecular flexibility index (Phi) is 2.46. The van der Waals surface area contributed by atoms with Crippen molar-refractivity contribution in [3.05, 3.63) is 41.2 Å². The van der Waals surface area contributed by atoms with Crippen molar-refractivity contribution in [2.24, 2.45) is 10.7 Å². The standard InChI is InChI=1S/C13H17N3/c1-7(2)10-5-8(3)6-11-12(10)15-9(4)16-13(11)14/h5-7,15H,4H2,1-3H3,(H2,14,16). The molecule has 1 heterocycles. The minimum Gasteiger partial charge on any atom is -0.383 e. The van der Waals surface area contributed by atoms with Gasteiger partial charge in [0, 0.05) is 5.56 Å². The van der Waals surface area contributed by atoms with Crippen molar-refractivity contribution in [2.75, 3.05) is 5.32 Å². The van der Waals surface area contributed by atoms with Crippen LogP contribution >= 0.6 is 0 Å². The summed E-state index contributed by atoms with van der Waals surface area (Å²) in [5.41, 5.74) is 10.4. The van der Waals surface area contributed by atoms with Crippen LogP contribution in [-0.4, -0.2) is 5.84 Å². The van der Waals surface area contributed by atoms with Crippen LogP contribution in [0, 0.1) is 6.92 Å². The number of aryl methyl sites for hydroxylation is 1. The van der Waals surface area contributed by atoms with E-state index in [1.165, 1.54) is 11.1 Å². The fourth-order valence-electron chi connectivity index (χ4n) is 1.99. The zero-order valence-corrected chi connectivity index (χ0v) is 9.96. The van der Waals surface area contributed by atoms with Crippen molar-refractivity contribution in [3.63, 3.8) is 0 Å². The number of hydrogen-bond acceptors (Lipinski definition) is 3. The molecule has 3 nitrogen and oxygen atoms in total. The summed E-state index contributed by atoms with van der Waals surface area (Å²) in [6.45, 7) is 10.2. The molecule has 16 heavy (non-hydrogen) atoms. The van der Waals surface area contributed by atoms with Crippen molar-refractivity contribution in [1.82, 2.24) is 0 Å². The topological polar surface area (TPSA) is 50.4 Å². The summed E-state index contributed by atoms with van der Waals surface area (Å²) in [5.74, 6) is 1.60. The number of aliphatic imine (C=N–C) groups is 1. The Labute approximate surface area is 96.1 Å². The first kappa shape index (κ1) is 10.7. The van der Waals surface area contributed by atoms with Gasteiger partial charge < -0.3 is 11.1 Å². The molecule has 0 unspecified atom stereocenters. The van der Waals surface area contributed by atoms with Crippen molar-refractivity contribution in [1.29, 1.82) is 0 Å². The van der Waals surface area contributed by atoms with Crippen LogP contribution < -0.4 is 11.1 Å². The molecule has 3 heteroatoms. The predicted molar refractivity (Wildman–Crippen MR) is 68.8 cm³/mol. The van der Waals surface area contributed by atoms with Crippen LogP contribution in [0.3, 0.4) is 0 Å². The van der Waals surface area contributed by atoms with Gasteiger partial charge in [-0.1, -0.05) is 26.5 Å². The Morgan fingerprint density at radius 2 is 2.06 bits per heavy atom. The molecule has 0 bridgehead atoms.